The fourth-order valence-electron chi connectivity index (χ4n) is 4.82. The summed E-state index contributed by atoms with van der Waals surface area (Å²) in [5.74, 6) is 0. The number of para-hydroxylation sites is 1. The van der Waals surface area contributed by atoms with Gasteiger partial charge in [-0.25, -0.2) is 0 Å². The minimum atomic E-state index is 1.12. The van der Waals surface area contributed by atoms with Crippen molar-refractivity contribution in [2.45, 2.75) is 0 Å². The average Bonchev–Trinajstić information content (AvgIpc) is 3.00. The highest BCUT2D eigenvalue weighted by Crippen LogP contribution is 2.41. The van der Waals surface area contributed by atoms with Gasteiger partial charge in [-0.15, -0.1) is 0 Å². The van der Waals surface area contributed by atoms with Crippen molar-refractivity contribution < 1.29 is 0 Å². The van der Waals surface area contributed by atoms with Crippen LogP contribution < -0.4 is 4.90 Å². The molecule has 0 aliphatic rings. The van der Waals surface area contributed by atoms with Gasteiger partial charge in [0.1, 0.15) is 0 Å². The third-order valence-electron chi connectivity index (χ3n) is 6.69. The van der Waals surface area contributed by atoms with Crippen LogP contribution >= 0.6 is 0 Å². The predicted molar refractivity (Wildman–Crippen MR) is 157 cm³/mol. The first-order chi connectivity index (χ1) is 18.4. The zero-order valence-electron chi connectivity index (χ0n) is 20.5. The Morgan fingerprint density at radius 1 is 0.270 bits per heavy atom. The smallest absolute Gasteiger partial charge is 0.0540 e. The first-order valence-electron chi connectivity index (χ1n) is 12.6. The second-order valence-corrected chi connectivity index (χ2v) is 9.04. The molecule has 0 fully saturated rings. The maximum absolute atomic E-state index is 2.35. The predicted octanol–water partition coefficient (Wildman–Crippen LogP) is 10.2. The highest BCUT2D eigenvalue weighted by molar-refractivity contribution is 5.88. The van der Waals surface area contributed by atoms with E-state index in [-0.39, 0.29) is 0 Å². The average molecular weight is 474 g/mol. The maximum atomic E-state index is 2.35. The first-order valence-corrected chi connectivity index (χ1v) is 12.6. The summed E-state index contributed by atoms with van der Waals surface area (Å²) in [7, 11) is 0. The van der Waals surface area contributed by atoms with Crippen molar-refractivity contribution in [3.63, 3.8) is 0 Å². The number of hydrogen-bond acceptors (Lipinski definition) is 1. The van der Waals surface area contributed by atoms with E-state index in [4.69, 9.17) is 0 Å². The Bertz CT molecular complexity index is 1490. The molecule has 0 saturated carbocycles. The zero-order chi connectivity index (χ0) is 24.9. The molecular weight excluding hydrogens is 446 g/mol. The number of benzene rings is 6. The summed E-state index contributed by atoms with van der Waals surface area (Å²) >= 11 is 0. The summed E-state index contributed by atoms with van der Waals surface area (Å²) in [6.45, 7) is 0. The Labute approximate surface area is 218 Å². The molecular formula is C36H27N. The maximum Gasteiger partial charge on any atom is 0.0540 e. The van der Waals surface area contributed by atoms with Gasteiger partial charge in [-0.3, -0.25) is 0 Å². The summed E-state index contributed by atoms with van der Waals surface area (Å²) in [4.78, 5) is 2.35. The van der Waals surface area contributed by atoms with Gasteiger partial charge >= 0.3 is 0 Å². The van der Waals surface area contributed by atoms with E-state index in [2.05, 4.69) is 169 Å². The van der Waals surface area contributed by atoms with Crippen LogP contribution in [-0.2, 0) is 0 Å². The lowest BCUT2D eigenvalue weighted by Crippen LogP contribution is -2.11. The second-order valence-electron chi connectivity index (χ2n) is 9.04. The third-order valence-corrected chi connectivity index (χ3v) is 6.69. The van der Waals surface area contributed by atoms with Crippen molar-refractivity contribution in [3.05, 3.63) is 164 Å². The van der Waals surface area contributed by atoms with Crippen molar-refractivity contribution in [3.8, 4) is 33.4 Å². The number of anilines is 3. The molecule has 0 aliphatic carbocycles. The largest absolute Gasteiger partial charge is 0.310 e. The molecule has 0 aliphatic heterocycles. The van der Waals surface area contributed by atoms with E-state index in [0.717, 1.165) is 17.1 Å². The third kappa shape index (κ3) is 4.80. The van der Waals surface area contributed by atoms with Crippen molar-refractivity contribution in [2.24, 2.45) is 0 Å². The van der Waals surface area contributed by atoms with Gasteiger partial charge in [0.15, 0.2) is 0 Å². The van der Waals surface area contributed by atoms with Crippen LogP contribution in [0, 0.1) is 0 Å². The topological polar surface area (TPSA) is 3.24 Å². The fourth-order valence-corrected chi connectivity index (χ4v) is 4.82. The molecule has 0 heterocycles. The van der Waals surface area contributed by atoms with Gasteiger partial charge in [-0.1, -0.05) is 133 Å². The molecule has 0 unspecified atom stereocenters. The molecule has 6 aromatic rings. The van der Waals surface area contributed by atoms with Crippen molar-refractivity contribution in [2.75, 3.05) is 4.90 Å². The van der Waals surface area contributed by atoms with Gasteiger partial charge in [0.2, 0.25) is 0 Å². The highest BCUT2D eigenvalue weighted by atomic mass is 15.1. The molecule has 1 nitrogen and oxygen atoms in total. The van der Waals surface area contributed by atoms with Crippen LogP contribution in [0.3, 0.4) is 0 Å². The van der Waals surface area contributed by atoms with E-state index >= 15 is 0 Å². The molecule has 0 spiro atoms. The van der Waals surface area contributed by atoms with Crippen LogP contribution in [0.25, 0.3) is 33.4 Å². The van der Waals surface area contributed by atoms with E-state index in [9.17, 15) is 0 Å². The lowest BCUT2D eigenvalue weighted by atomic mass is 10.0. The Morgan fingerprint density at radius 3 is 1.08 bits per heavy atom. The van der Waals surface area contributed by atoms with Gasteiger partial charge in [0, 0.05) is 16.9 Å². The standard InChI is InChI=1S/C36H27N/c1-4-12-28(13-5-1)30-20-24-33(25-21-30)37(34-26-22-31(23-27-34)29-14-6-2-7-15-29)36-19-11-10-18-35(36)32-16-8-3-9-17-32/h1-27H. The van der Waals surface area contributed by atoms with E-state index in [0.29, 0.717) is 0 Å². The Kier molecular flexibility index (Phi) is 6.34. The first kappa shape index (κ1) is 22.6. The molecule has 37 heavy (non-hydrogen) atoms. The normalized spacial score (nSPS) is 10.7. The highest BCUT2D eigenvalue weighted by Gasteiger charge is 2.17. The minimum absolute atomic E-state index is 1.12. The molecule has 0 amide bonds. The van der Waals surface area contributed by atoms with E-state index in [1.807, 2.05) is 0 Å². The molecule has 0 bridgehead atoms. The molecule has 6 rings (SSSR count). The van der Waals surface area contributed by atoms with Gasteiger partial charge in [0.25, 0.3) is 0 Å². The van der Waals surface area contributed by atoms with E-state index < -0.39 is 0 Å². The van der Waals surface area contributed by atoms with Crippen LogP contribution in [0.5, 0.6) is 0 Å². The number of nitrogens with zero attached hydrogens (tertiary/aromatic N) is 1. The zero-order valence-corrected chi connectivity index (χ0v) is 20.5. The molecule has 0 N–H and O–H groups in total. The van der Waals surface area contributed by atoms with Gasteiger partial charge in [-0.2, -0.15) is 0 Å². The summed E-state index contributed by atoms with van der Waals surface area (Å²) in [5, 5.41) is 0. The molecule has 6 aromatic carbocycles. The lowest BCUT2D eigenvalue weighted by molar-refractivity contribution is 1.28. The van der Waals surface area contributed by atoms with E-state index in [1.54, 1.807) is 0 Å². The second kappa shape index (κ2) is 10.4. The number of rotatable bonds is 6. The van der Waals surface area contributed by atoms with E-state index in [1.165, 1.54) is 33.4 Å². The summed E-state index contributed by atoms with van der Waals surface area (Å²) in [6, 6.07) is 58.0. The van der Waals surface area contributed by atoms with Crippen molar-refractivity contribution >= 4 is 17.1 Å². The lowest BCUT2D eigenvalue weighted by Gasteiger charge is -2.28. The quantitative estimate of drug-likeness (QED) is 0.233. The number of hydrogen-bond donors (Lipinski definition) is 0. The molecule has 0 saturated heterocycles. The van der Waals surface area contributed by atoms with Crippen LogP contribution in [-0.4, -0.2) is 0 Å². The fraction of sp³-hybridized carbons (Fsp3) is 0. The van der Waals surface area contributed by atoms with Gasteiger partial charge < -0.3 is 4.90 Å². The van der Waals surface area contributed by atoms with Crippen LogP contribution in [0.15, 0.2) is 164 Å². The summed E-state index contributed by atoms with van der Waals surface area (Å²) in [5.41, 5.74) is 10.6. The van der Waals surface area contributed by atoms with Crippen LogP contribution in [0.1, 0.15) is 0 Å². The SMILES string of the molecule is c1ccc(-c2ccc(N(c3ccc(-c4ccccc4)cc3)c3ccccc3-c3ccccc3)cc2)cc1. The Balaban J connectivity index is 1.47. The minimum Gasteiger partial charge on any atom is -0.310 e. The van der Waals surface area contributed by atoms with Crippen molar-refractivity contribution in [1.29, 1.82) is 0 Å². The van der Waals surface area contributed by atoms with Gasteiger partial charge in [0.05, 0.1) is 5.69 Å². The summed E-state index contributed by atoms with van der Waals surface area (Å²) < 4.78 is 0. The monoisotopic (exact) mass is 473 g/mol. The summed E-state index contributed by atoms with van der Waals surface area (Å²) in [6.07, 6.45) is 0. The molecule has 1 heteroatoms. The van der Waals surface area contributed by atoms with Gasteiger partial charge in [-0.05, 0) is 58.1 Å². The van der Waals surface area contributed by atoms with Crippen molar-refractivity contribution in [1.82, 2.24) is 0 Å². The Hall–Kier alpha value is -4.88. The Morgan fingerprint density at radius 2 is 0.622 bits per heavy atom. The molecule has 0 atom stereocenters. The molecule has 176 valence electrons. The molecule has 0 aromatic heterocycles. The van der Waals surface area contributed by atoms with Crippen LogP contribution in [0.4, 0.5) is 17.1 Å². The van der Waals surface area contributed by atoms with Crippen LogP contribution in [0.2, 0.25) is 0 Å². The molecule has 0 radical (unpaired) electrons.